The molecule has 24 heavy (non-hydrogen) atoms. The number of rotatable bonds is 2. The van der Waals surface area contributed by atoms with Crippen LogP contribution >= 0.6 is 0 Å². The van der Waals surface area contributed by atoms with Gasteiger partial charge in [-0.3, -0.25) is 9.59 Å². The quantitative estimate of drug-likeness (QED) is 0.609. The topological polar surface area (TPSA) is 37.4 Å². The molecule has 1 aromatic carbocycles. The van der Waals surface area contributed by atoms with Gasteiger partial charge in [-0.25, -0.2) is 9.29 Å². The lowest BCUT2D eigenvalue weighted by atomic mass is 9.46. The molecule has 1 aliphatic heterocycles. The van der Waals surface area contributed by atoms with Gasteiger partial charge < -0.3 is 0 Å². The number of imide groups is 1. The van der Waals surface area contributed by atoms with Crippen LogP contribution in [0.4, 0.5) is 10.1 Å². The normalized spacial score (nSPS) is 37.5. The Bertz CT molecular complexity index is 753. The van der Waals surface area contributed by atoms with Crippen LogP contribution in [0.2, 0.25) is 0 Å². The predicted octanol–water partition coefficient (Wildman–Crippen LogP) is 3.94. The number of allylic oxidation sites excluding steroid dienone is 2. The third-order valence-electron chi connectivity index (χ3n) is 6.63. The Balaban J connectivity index is 1.84. The third-order valence-corrected chi connectivity index (χ3v) is 6.63. The maximum Gasteiger partial charge on any atom is 0.238 e. The summed E-state index contributed by atoms with van der Waals surface area (Å²) in [5.41, 5.74) is -0.0324. The van der Waals surface area contributed by atoms with Crippen molar-refractivity contribution in [2.45, 2.75) is 33.6 Å². The van der Waals surface area contributed by atoms with Gasteiger partial charge in [-0.2, -0.15) is 0 Å². The predicted molar refractivity (Wildman–Crippen MR) is 89.6 cm³/mol. The van der Waals surface area contributed by atoms with Gasteiger partial charge in [-0.05, 0) is 48.4 Å². The number of hydrogen-bond acceptors (Lipinski definition) is 2. The zero-order valence-corrected chi connectivity index (χ0v) is 14.3. The van der Waals surface area contributed by atoms with Gasteiger partial charge in [0.05, 0.1) is 17.5 Å². The summed E-state index contributed by atoms with van der Waals surface area (Å²) in [5, 5.41) is 0. The molecule has 1 aromatic rings. The van der Waals surface area contributed by atoms with Crippen molar-refractivity contribution in [2.75, 3.05) is 4.90 Å². The molecular weight excluding hydrogens is 305 g/mol. The largest absolute Gasteiger partial charge is 0.274 e. The van der Waals surface area contributed by atoms with Crippen molar-refractivity contribution in [3.05, 3.63) is 42.2 Å². The summed E-state index contributed by atoms with van der Waals surface area (Å²) in [4.78, 5) is 27.7. The summed E-state index contributed by atoms with van der Waals surface area (Å²) >= 11 is 0. The molecule has 4 aliphatic rings. The molecule has 2 fully saturated rings. The molecule has 1 heterocycles. The van der Waals surface area contributed by atoms with E-state index < -0.39 is 0 Å². The maximum atomic E-state index is 13.3. The molecule has 0 aromatic heterocycles. The monoisotopic (exact) mass is 327 g/mol. The van der Waals surface area contributed by atoms with E-state index in [1.54, 1.807) is 0 Å². The molecule has 126 valence electrons. The number of halogens is 1. The van der Waals surface area contributed by atoms with E-state index in [0.717, 1.165) is 12.8 Å². The molecule has 4 atom stereocenters. The van der Waals surface area contributed by atoms with E-state index >= 15 is 0 Å². The van der Waals surface area contributed by atoms with Gasteiger partial charge in [0.1, 0.15) is 5.82 Å². The lowest BCUT2D eigenvalue weighted by molar-refractivity contribution is -0.135. The Labute approximate surface area is 141 Å². The van der Waals surface area contributed by atoms with Gasteiger partial charge in [0.2, 0.25) is 11.8 Å². The minimum atomic E-state index is -0.373. The van der Waals surface area contributed by atoms with Crippen LogP contribution in [0.25, 0.3) is 0 Å². The van der Waals surface area contributed by atoms with Crippen LogP contribution in [0.3, 0.4) is 0 Å². The molecule has 4 heteroatoms. The Morgan fingerprint density at radius 1 is 1.04 bits per heavy atom. The van der Waals surface area contributed by atoms with Crippen LogP contribution in [0.1, 0.15) is 33.6 Å². The van der Waals surface area contributed by atoms with Crippen LogP contribution in [0.5, 0.6) is 0 Å². The van der Waals surface area contributed by atoms with Gasteiger partial charge in [0, 0.05) is 5.41 Å². The van der Waals surface area contributed by atoms with E-state index in [9.17, 15) is 14.0 Å². The molecule has 3 nitrogen and oxygen atoms in total. The average Bonchev–Trinajstić information content (AvgIpc) is 2.83. The molecule has 1 saturated heterocycles. The number of anilines is 1. The van der Waals surface area contributed by atoms with Crippen molar-refractivity contribution >= 4 is 17.5 Å². The van der Waals surface area contributed by atoms with Crippen LogP contribution in [0.15, 0.2) is 36.4 Å². The fraction of sp³-hybridized carbons (Fsp3) is 0.500. The van der Waals surface area contributed by atoms with Crippen molar-refractivity contribution in [1.82, 2.24) is 0 Å². The van der Waals surface area contributed by atoms with E-state index in [1.807, 2.05) is 0 Å². The van der Waals surface area contributed by atoms with Gasteiger partial charge in [0.25, 0.3) is 0 Å². The molecular formula is C20H22FNO2. The third kappa shape index (κ3) is 1.77. The summed E-state index contributed by atoms with van der Waals surface area (Å²) in [6, 6.07) is 5.62. The number of fused-ring (bicyclic) bond motifs is 1. The smallest absolute Gasteiger partial charge is 0.238 e. The highest BCUT2D eigenvalue weighted by molar-refractivity contribution is 6.23. The first-order valence-corrected chi connectivity index (χ1v) is 8.64. The zero-order valence-electron chi connectivity index (χ0n) is 14.3. The Morgan fingerprint density at radius 3 is 2.21 bits per heavy atom. The second-order valence-corrected chi connectivity index (χ2v) is 8.05. The van der Waals surface area contributed by atoms with E-state index in [1.165, 1.54) is 29.2 Å². The van der Waals surface area contributed by atoms with E-state index in [-0.39, 0.29) is 46.2 Å². The molecule has 1 saturated carbocycles. The van der Waals surface area contributed by atoms with E-state index in [0.29, 0.717) is 5.69 Å². The van der Waals surface area contributed by atoms with Crippen molar-refractivity contribution in [3.8, 4) is 0 Å². The van der Waals surface area contributed by atoms with Crippen molar-refractivity contribution in [2.24, 2.45) is 28.6 Å². The van der Waals surface area contributed by atoms with Crippen LogP contribution in [-0.4, -0.2) is 11.8 Å². The van der Waals surface area contributed by atoms with Crippen LogP contribution in [0, 0.1) is 34.4 Å². The molecule has 3 aliphatic carbocycles. The molecule has 5 rings (SSSR count). The van der Waals surface area contributed by atoms with E-state index in [2.05, 4.69) is 32.9 Å². The first-order chi connectivity index (χ1) is 11.3. The Hall–Kier alpha value is -1.97. The number of carbonyl (C=O) groups excluding carboxylic acids is 2. The second kappa shape index (κ2) is 4.78. The summed E-state index contributed by atoms with van der Waals surface area (Å²) in [6.07, 6.45) is 6.23. The molecule has 0 radical (unpaired) electrons. The highest BCUT2D eigenvalue weighted by atomic mass is 19.1. The first kappa shape index (κ1) is 15.6. The summed E-state index contributed by atoms with van der Waals surface area (Å²) in [6.45, 7) is 6.35. The molecule has 0 spiro atoms. The zero-order chi connectivity index (χ0) is 17.3. The summed E-state index contributed by atoms with van der Waals surface area (Å²) in [7, 11) is 0. The van der Waals surface area contributed by atoms with Gasteiger partial charge in [0.15, 0.2) is 0 Å². The summed E-state index contributed by atoms with van der Waals surface area (Å²) in [5.74, 6) is -0.956. The number of hydrogen-bond donors (Lipinski definition) is 0. The highest BCUT2D eigenvalue weighted by Gasteiger charge is 2.67. The lowest BCUT2D eigenvalue weighted by Crippen LogP contribution is -2.53. The minimum absolute atomic E-state index is 0.124. The van der Waals surface area contributed by atoms with Gasteiger partial charge in [-0.1, -0.05) is 32.9 Å². The summed E-state index contributed by atoms with van der Waals surface area (Å²) < 4.78 is 13.2. The van der Waals surface area contributed by atoms with Crippen molar-refractivity contribution in [3.63, 3.8) is 0 Å². The highest BCUT2D eigenvalue weighted by Crippen LogP contribution is 2.64. The van der Waals surface area contributed by atoms with Crippen LogP contribution in [-0.2, 0) is 9.59 Å². The number of carbonyl (C=O) groups is 2. The lowest BCUT2D eigenvalue weighted by Gasteiger charge is -2.55. The molecule has 2 bridgehead atoms. The molecule has 0 unspecified atom stereocenters. The van der Waals surface area contributed by atoms with Crippen LogP contribution < -0.4 is 4.90 Å². The minimum Gasteiger partial charge on any atom is -0.274 e. The standard InChI is InChI=1S/C20H22FNO2/c1-12(2)20-10-8-19(3,9-11-20)15-16(20)18(24)22(17(15)23)14-6-4-13(21)5-7-14/h4-8,10,12,15-16H,9,11H2,1-3H3/t15-,16-,19+,20-/m1/s1. The Kier molecular flexibility index (Phi) is 3.09. The fourth-order valence-electron chi connectivity index (χ4n) is 5.08. The fourth-order valence-corrected chi connectivity index (χ4v) is 5.08. The van der Waals surface area contributed by atoms with E-state index in [4.69, 9.17) is 0 Å². The van der Waals surface area contributed by atoms with Crippen molar-refractivity contribution in [1.29, 1.82) is 0 Å². The number of nitrogens with zero attached hydrogens (tertiary/aromatic N) is 1. The SMILES string of the molecule is CC(C)[C@@]12C=C[C@@](C)(CC1)[C@H]1C(=O)N(c3ccc(F)cc3)C(=O)[C@@H]12. The number of benzene rings is 1. The van der Waals surface area contributed by atoms with Gasteiger partial charge in [-0.15, -0.1) is 0 Å². The van der Waals surface area contributed by atoms with Gasteiger partial charge >= 0.3 is 0 Å². The average molecular weight is 327 g/mol. The maximum absolute atomic E-state index is 13.3. The molecule has 2 amide bonds. The molecule has 0 N–H and O–H groups in total. The Morgan fingerprint density at radius 2 is 1.67 bits per heavy atom. The second-order valence-electron chi connectivity index (χ2n) is 8.05. The number of amides is 2. The first-order valence-electron chi connectivity index (χ1n) is 8.64. The van der Waals surface area contributed by atoms with Crippen molar-refractivity contribution < 1.29 is 14.0 Å².